The first-order valence-corrected chi connectivity index (χ1v) is 4.48. The summed E-state index contributed by atoms with van der Waals surface area (Å²) < 4.78 is 1.63. The van der Waals surface area contributed by atoms with Crippen molar-refractivity contribution in [1.29, 1.82) is 5.26 Å². The third-order valence-electron chi connectivity index (χ3n) is 2.43. The van der Waals surface area contributed by atoms with E-state index in [4.69, 9.17) is 5.26 Å². The largest absolute Gasteiger partial charge is 0.309 e. The lowest BCUT2D eigenvalue weighted by Gasteiger charge is -2.04. The molecule has 1 atom stereocenters. The molecule has 0 unspecified atom stereocenters. The second-order valence-corrected chi connectivity index (χ2v) is 3.34. The highest BCUT2D eigenvalue weighted by atomic mass is 35.5. The van der Waals surface area contributed by atoms with Crippen molar-refractivity contribution in [3.8, 4) is 6.07 Å². The van der Waals surface area contributed by atoms with Crippen molar-refractivity contribution in [2.45, 2.75) is 18.9 Å². The van der Waals surface area contributed by atoms with Crippen LogP contribution in [0.15, 0.2) is 6.07 Å². The van der Waals surface area contributed by atoms with E-state index in [1.54, 1.807) is 11.7 Å². The van der Waals surface area contributed by atoms with Crippen molar-refractivity contribution in [3.63, 3.8) is 0 Å². The second kappa shape index (κ2) is 4.45. The zero-order valence-corrected chi connectivity index (χ0v) is 8.84. The van der Waals surface area contributed by atoms with Crippen LogP contribution in [0.2, 0.25) is 0 Å². The van der Waals surface area contributed by atoms with Gasteiger partial charge in [-0.3, -0.25) is 4.68 Å². The minimum Gasteiger partial charge on any atom is -0.309 e. The van der Waals surface area contributed by atoms with E-state index in [1.807, 2.05) is 6.07 Å². The van der Waals surface area contributed by atoms with Gasteiger partial charge in [0.2, 0.25) is 0 Å². The summed E-state index contributed by atoms with van der Waals surface area (Å²) in [5.41, 5.74) is 1.63. The number of hydrogen-bond donors (Lipinski definition) is 1. The van der Waals surface area contributed by atoms with E-state index in [0.29, 0.717) is 11.7 Å². The average molecular weight is 213 g/mol. The predicted octanol–water partition coefficient (Wildman–Crippen LogP) is 1.14. The Morgan fingerprint density at radius 2 is 2.50 bits per heavy atom. The Morgan fingerprint density at radius 3 is 3.00 bits per heavy atom. The normalized spacial score (nSPS) is 20.1. The number of aromatic nitrogens is 2. The van der Waals surface area contributed by atoms with Crippen LogP contribution in [-0.4, -0.2) is 16.3 Å². The minimum absolute atomic E-state index is 0. The summed E-state index contributed by atoms with van der Waals surface area (Å²) in [5.74, 6) is 0. The summed E-state index contributed by atoms with van der Waals surface area (Å²) in [6.45, 7) is 1.06. The van der Waals surface area contributed by atoms with Crippen molar-refractivity contribution in [2.75, 3.05) is 6.54 Å². The molecule has 1 aromatic heterocycles. The van der Waals surface area contributed by atoms with Crippen LogP contribution >= 0.6 is 12.4 Å². The summed E-state index contributed by atoms with van der Waals surface area (Å²) in [7, 11) is 1.80. The minimum atomic E-state index is 0. The lowest BCUT2D eigenvalue weighted by Crippen LogP contribution is -2.13. The third-order valence-corrected chi connectivity index (χ3v) is 2.43. The number of nitriles is 1. The third kappa shape index (κ3) is 1.89. The molecule has 1 aliphatic heterocycles. The lowest BCUT2D eigenvalue weighted by molar-refractivity contribution is 0.606. The van der Waals surface area contributed by atoms with Crippen molar-refractivity contribution in [1.82, 2.24) is 15.1 Å². The van der Waals surface area contributed by atoms with Gasteiger partial charge in [0.1, 0.15) is 11.8 Å². The fraction of sp³-hybridized carbons (Fsp3) is 0.556. The van der Waals surface area contributed by atoms with Gasteiger partial charge in [0.05, 0.1) is 11.7 Å². The monoisotopic (exact) mass is 212 g/mol. The van der Waals surface area contributed by atoms with E-state index in [2.05, 4.69) is 16.5 Å². The van der Waals surface area contributed by atoms with Gasteiger partial charge in [-0.1, -0.05) is 0 Å². The number of rotatable bonds is 1. The molecule has 0 aromatic carbocycles. The molecule has 0 saturated carbocycles. The molecule has 5 heteroatoms. The van der Waals surface area contributed by atoms with E-state index in [9.17, 15) is 0 Å². The molecule has 0 spiro atoms. The number of hydrogen-bond acceptors (Lipinski definition) is 3. The van der Waals surface area contributed by atoms with Gasteiger partial charge in [-0.05, 0) is 25.5 Å². The maximum atomic E-state index is 8.74. The molecular weight excluding hydrogens is 200 g/mol. The Balaban J connectivity index is 0.000000980. The molecule has 1 aromatic rings. The lowest BCUT2D eigenvalue weighted by atomic mass is 10.1. The molecule has 0 amide bonds. The zero-order chi connectivity index (χ0) is 9.26. The average Bonchev–Trinajstić information content (AvgIpc) is 2.71. The predicted molar refractivity (Wildman–Crippen MR) is 55.1 cm³/mol. The SMILES string of the molecule is Cl.Cn1nc([C@@H]2CCCN2)cc1C#N. The van der Waals surface area contributed by atoms with Gasteiger partial charge in [0, 0.05) is 7.05 Å². The first-order chi connectivity index (χ1) is 6.31. The highest BCUT2D eigenvalue weighted by molar-refractivity contribution is 5.85. The summed E-state index contributed by atoms with van der Waals surface area (Å²) in [4.78, 5) is 0. The summed E-state index contributed by atoms with van der Waals surface area (Å²) in [6.07, 6.45) is 2.32. The Kier molecular flexibility index (Phi) is 3.50. The van der Waals surface area contributed by atoms with Crippen LogP contribution < -0.4 is 5.32 Å². The molecule has 0 radical (unpaired) electrons. The van der Waals surface area contributed by atoms with Gasteiger partial charge in [0.25, 0.3) is 0 Å². The fourth-order valence-electron chi connectivity index (χ4n) is 1.70. The molecule has 1 aliphatic rings. The van der Waals surface area contributed by atoms with Crippen molar-refractivity contribution >= 4 is 12.4 Å². The summed E-state index contributed by atoms with van der Waals surface area (Å²) in [5, 5.41) is 16.4. The van der Waals surface area contributed by atoms with Gasteiger partial charge in [-0.2, -0.15) is 10.4 Å². The maximum Gasteiger partial charge on any atom is 0.138 e. The van der Waals surface area contributed by atoms with Crippen LogP contribution in [0.25, 0.3) is 0 Å². The van der Waals surface area contributed by atoms with E-state index >= 15 is 0 Å². The molecule has 2 heterocycles. The molecule has 14 heavy (non-hydrogen) atoms. The first kappa shape index (κ1) is 11.0. The van der Waals surface area contributed by atoms with Gasteiger partial charge < -0.3 is 5.32 Å². The van der Waals surface area contributed by atoms with Crippen LogP contribution in [0.5, 0.6) is 0 Å². The Bertz CT molecular complexity index is 346. The molecule has 0 bridgehead atoms. The van der Waals surface area contributed by atoms with Crippen molar-refractivity contribution < 1.29 is 0 Å². The number of halogens is 1. The Hall–Kier alpha value is -1.05. The number of aryl methyl sites for hydroxylation is 1. The van der Waals surface area contributed by atoms with Gasteiger partial charge >= 0.3 is 0 Å². The molecule has 1 fully saturated rings. The maximum absolute atomic E-state index is 8.74. The van der Waals surface area contributed by atoms with Crippen LogP contribution in [0.3, 0.4) is 0 Å². The van der Waals surface area contributed by atoms with E-state index < -0.39 is 0 Å². The molecule has 1 N–H and O–H groups in total. The molecule has 1 saturated heterocycles. The van der Waals surface area contributed by atoms with Crippen molar-refractivity contribution in [3.05, 3.63) is 17.5 Å². The fourth-order valence-corrected chi connectivity index (χ4v) is 1.70. The molecule has 2 rings (SSSR count). The number of nitrogens with zero attached hydrogens (tertiary/aromatic N) is 3. The molecular formula is C9H13ClN4. The molecule has 76 valence electrons. The Morgan fingerprint density at radius 1 is 1.71 bits per heavy atom. The zero-order valence-electron chi connectivity index (χ0n) is 8.03. The quantitative estimate of drug-likeness (QED) is 0.760. The van der Waals surface area contributed by atoms with Crippen molar-refractivity contribution in [2.24, 2.45) is 7.05 Å². The van der Waals surface area contributed by atoms with Gasteiger partial charge in [-0.25, -0.2) is 0 Å². The van der Waals surface area contributed by atoms with E-state index in [0.717, 1.165) is 18.7 Å². The molecule has 0 aliphatic carbocycles. The van der Waals surface area contributed by atoms with Crippen LogP contribution in [0, 0.1) is 11.3 Å². The van der Waals surface area contributed by atoms with E-state index in [-0.39, 0.29) is 12.4 Å². The standard InChI is InChI=1S/C9H12N4.ClH/c1-13-7(6-10)5-9(12-13)8-3-2-4-11-8;/h5,8,11H,2-4H2,1H3;1H/t8-;/m0./s1. The molecule has 4 nitrogen and oxygen atoms in total. The van der Waals surface area contributed by atoms with E-state index in [1.165, 1.54) is 6.42 Å². The van der Waals surface area contributed by atoms with Crippen LogP contribution in [-0.2, 0) is 7.05 Å². The van der Waals surface area contributed by atoms with Gasteiger partial charge in [0.15, 0.2) is 0 Å². The smallest absolute Gasteiger partial charge is 0.138 e. The van der Waals surface area contributed by atoms with Crippen LogP contribution in [0.1, 0.15) is 30.3 Å². The van der Waals surface area contributed by atoms with Crippen LogP contribution in [0.4, 0.5) is 0 Å². The van der Waals surface area contributed by atoms with Gasteiger partial charge in [-0.15, -0.1) is 12.4 Å². The first-order valence-electron chi connectivity index (χ1n) is 4.48. The highest BCUT2D eigenvalue weighted by Gasteiger charge is 2.19. The second-order valence-electron chi connectivity index (χ2n) is 3.34. The summed E-state index contributed by atoms with van der Waals surface area (Å²) >= 11 is 0. The topological polar surface area (TPSA) is 53.6 Å². The number of nitrogens with one attached hydrogen (secondary N) is 1. The summed E-state index contributed by atoms with van der Waals surface area (Å²) in [6, 6.07) is 4.33. The highest BCUT2D eigenvalue weighted by Crippen LogP contribution is 2.21. The Labute approximate surface area is 89.3 Å².